The summed E-state index contributed by atoms with van der Waals surface area (Å²) in [4.78, 5) is 26.7. The zero-order valence-electron chi connectivity index (χ0n) is 13.9. The molecule has 0 saturated carbocycles. The van der Waals surface area contributed by atoms with E-state index in [0.29, 0.717) is 0 Å². The molecular formula is C14H13N7O5S2. The first-order valence-electron chi connectivity index (χ1n) is 7.27. The standard InChI is InChI=1S/C14H13N7O5S2/c15-4-7-3-8(1-2-9(7)20-10(22)5-18-14(16)17)21(28(25)26)12-11(13(23)24)19-6-27-12/h1-3,6,28H,5H2,(H,20,22)(H,23,24)(H4,16,17,18). The molecular weight excluding hydrogens is 410 g/mol. The second kappa shape index (κ2) is 8.79. The van der Waals surface area contributed by atoms with E-state index in [1.165, 1.54) is 23.7 Å². The molecule has 0 aliphatic rings. The van der Waals surface area contributed by atoms with E-state index in [1.54, 1.807) is 0 Å². The second-order valence-electron chi connectivity index (χ2n) is 5.02. The largest absolute Gasteiger partial charge is 0.476 e. The van der Waals surface area contributed by atoms with Crippen LogP contribution in [0.3, 0.4) is 0 Å². The van der Waals surface area contributed by atoms with Crippen LogP contribution in [0.4, 0.5) is 16.4 Å². The van der Waals surface area contributed by atoms with Crippen LogP contribution in [0.1, 0.15) is 16.1 Å². The van der Waals surface area contributed by atoms with E-state index in [9.17, 15) is 23.3 Å². The number of anilines is 3. The normalized spacial score (nSPS) is 10.1. The summed E-state index contributed by atoms with van der Waals surface area (Å²) in [5, 5.41) is 30.1. The molecule has 14 heteroatoms. The Bertz CT molecular complexity index is 1050. The predicted molar refractivity (Wildman–Crippen MR) is 101 cm³/mol. The van der Waals surface area contributed by atoms with Gasteiger partial charge in [-0.1, -0.05) is 0 Å². The minimum atomic E-state index is -3.29. The van der Waals surface area contributed by atoms with Crippen molar-refractivity contribution in [1.82, 2.24) is 10.3 Å². The summed E-state index contributed by atoms with van der Waals surface area (Å²) in [7, 11) is -3.29. The van der Waals surface area contributed by atoms with Crippen molar-refractivity contribution in [2.24, 2.45) is 5.73 Å². The molecule has 0 atom stereocenters. The van der Waals surface area contributed by atoms with E-state index in [0.717, 1.165) is 15.6 Å². The highest BCUT2D eigenvalue weighted by Gasteiger charge is 2.23. The minimum Gasteiger partial charge on any atom is -0.476 e. The van der Waals surface area contributed by atoms with E-state index >= 15 is 0 Å². The van der Waals surface area contributed by atoms with Crippen LogP contribution in [0.25, 0.3) is 0 Å². The highest BCUT2D eigenvalue weighted by molar-refractivity contribution is 7.74. The number of guanidine groups is 1. The Morgan fingerprint density at radius 2 is 2.14 bits per heavy atom. The summed E-state index contributed by atoms with van der Waals surface area (Å²) in [6.45, 7) is -0.302. The van der Waals surface area contributed by atoms with Gasteiger partial charge in [0.05, 0.1) is 29.0 Å². The van der Waals surface area contributed by atoms with Crippen LogP contribution < -0.4 is 20.7 Å². The van der Waals surface area contributed by atoms with Crippen molar-refractivity contribution in [3.8, 4) is 6.07 Å². The molecule has 1 heterocycles. The molecule has 0 saturated heterocycles. The number of thiazole rings is 1. The number of aromatic nitrogens is 1. The predicted octanol–water partition coefficient (Wildman–Crippen LogP) is -0.201. The van der Waals surface area contributed by atoms with Crippen LogP contribution in [0.2, 0.25) is 0 Å². The minimum absolute atomic E-state index is 0.000675. The van der Waals surface area contributed by atoms with E-state index in [1.807, 2.05) is 6.07 Å². The first-order chi connectivity index (χ1) is 13.2. The van der Waals surface area contributed by atoms with Gasteiger partial charge in [0.1, 0.15) is 11.1 Å². The number of carboxylic acid groups (broad SMARTS) is 1. The lowest BCUT2D eigenvalue weighted by Gasteiger charge is -2.17. The van der Waals surface area contributed by atoms with Gasteiger partial charge in [0.25, 0.3) is 0 Å². The Hall–Kier alpha value is -3.70. The molecule has 0 radical (unpaired) electrons. The van der Waals surface area contributed by atoms with Crippen molar-refractivity contribution in [2.75, 3.05) is 16.2 Å². The second-order valence-corrected chi connectivity index (χ2v) is 6.73. The summed E-state index contributed by atoms with van der Waals surface area (Å²) in [5.41, 5.74) is 5.86. The monoisotopic (exact) mass is 423 g/mol. The number of rotatable bonds is 7. The number of hydrogen-bond acceptors (Lipinski definition) is 8. The number of nitriles is 1. The summed E-state index contributed by atoms with van der Waals surface area (Å²) < 4.78 is 24.2. The summed E-state index contributed by atoms with van der Waals surface area (Å²) in [5.74, 6) is -2.39. The van der Waals surface area contributed by atoms with Crippen molar-refractivity contribution in [2.45, 2.75) is 0 Å². The fourth-order valence-electron chi connectivity index (χ4n) is 2.06. The van der Waals surface area contributed by atoms with Crippen molar-refractivity contribution in [3.05, 3.63) is 35.0 Å². The number of carboxylic acids is 1. The van der Waals surface area contributed by atoms with E-state index in [-0.39, 0.29) is 28.5 Å². The number of thiol groups is 1. The number of nitrogens with zero attached hydrogens (tertiary/aromatic N) is 3. The van der Waals surface area contributed by atoms with Gasteiger partial charge >= 0.3 is 5.97 Å². The Kier molecular flexibility index (Phi) is 6.47. The Labute approximate surface area is 163 Å². The van der Waals surface area contributed by atoms with Gasteiger partial charge in [-0.25, -0.2) is 22.5 Å². The van der Waals surface area contributed by atoms with Crippen molar-refractivity contribution in [3.63, 3.8) is 0 Å². The molecule has 0 unspecified atom stereocenters. The Morgan fingerprint density at radius 3 is 2.71 bits per heavy atom. The number of nitrogens with one attached hydrogen (secondary N) is 3. The lowest BCUT2D eigenvalue weighted by molar-refractivity contribution is -0.115. The molecule has 1 aromatic heterocycles. The quantitative estimate of drug-likeness (QED) is 0.198. The first-order valence-corrected chi connectivity index (χ1v) is 9.28. The highest BCUT2D eigenvalue weighted by atomic mass is 32.2. The molecule has 1 aromatic carbocycles. The molecule has 0 spiro atoms. The van der Waals surface area contributed by atoms with Gasteiger partial charge in [-0.3, -0.25) is 10.2 Å². The number of nitrogens with two attached hydrogens (primary N) is 1. The van der Waals surface area contributed by atoms with Gasteiger partial charge < -0.3 is 21.5 Å². The van der Waals surface area contributed by atoms with Gasteiger partial charge in [-0.15, -0.1) is 11.3 Å². The molecule has 0 bridgehead atoms. The number of benzene rings is 1. The molecule has 0 aliphatic heterocycles. The lowest BCUT2D eigenvalue weighted by atomic mass is 10.1. The SMILES string of the molecule is N#Cc1cc(N(c2scnc2C(=O)O)[SH](=O)=O)ccc1NC(=O)CNC(=N)N. The van der Waals surface area contributed by atoms with Crippen molar-refractivity contribution < 1.29 is 23.1 Å². The van der Waals surface area contributed by atoms with E-state index in [2.05, 4.69) is 15.6 Å². The summed E-state index contributed by atoms with van der Waals surface area (Å²) in [6.07, 6.45) is 0. The van der Waals surface area contributed by atoms with Crippen LogP contribution in [0, 0.1) is 16.7 Å². The lowest BCUT2D eigenvalue weighted by Crippen LogP contribution is -2.37. The average Bonchev–Trinajstić information content (AvgIpc) is 3.10. The van der Waals surface area contributed by atoms with Gasteiger partial charge in [0.2, 0.25) is 16.8 Å². The Balaban J connectivity index is 2.39. The number of carbonyl (C=O) groups excluding carboxylic acids is 1. The molecule has 12 nitrogen and oxygen atoms in total. The van der Waals surface area contributed by atoms with Gasteiger partial charge in [0.15, 0.2) is 11.7 Å². The third-order valence-electron chi connectivity index (χ3n) is 3.19. The van der Waals surface area contributed by atoms with Crippen LogP contribution in [-0.2, 0) is 15.7 Å². The van der Waals surface area contributed by atoms with Gasteiger partial charge in [-0.05, 0) is 18.2 Å². The molecule has 0 fully saturated rings. The molecule has 1 amide bonds. The number of aromatic carboxylic acids is 1. The van der Waals surface area contributed by atoms with Crippen molar-refractivity contribution in [1.29, 1.82) is 10.7 Å². The molecule has 0 aliphatic carbocycles. The van der Waals surface area contributed by atoms with Crippen LogP contribution in [0.5, 0.6) is 0 Å². The zero-order chi connectivity index (χ0) is 20.8. The number of amides is 1. The van der Waals surface area contributed by atoms with Gasteiger partial charge in [-0.2, -0.15) is 5.26 Å². The first kappa shape index (κ1) is 20.6. The highest BCUT2D eigenvalue weighted by Crippen LogP contribution is 2.34. The maximum absolute atomic E-state index is 11.8. The number of carbonyl (C=O) groups is 2. The fourth-order valence-corrected chi connectivity index (χ4v) is 3.67. The molecule has 6 N–H and O–H groups in total. The van der Waals surface area contributed by atoms with Crippen molar-refractivity contribution >= 4 is 56.4 Å². The molecule has 146 valence electrons. The van der Waals surface area contributed by atoms with Gasteiger partial charge in [0, 0.05) is 0 Å². The van der Waals surface area contributed by atoms with Crippen LogP contribution in [0.15, 0.2) is 23.7 Å². The third-order valence-corrected chi connectivity index (χ3v) is 4.89. The van der Waals surface area contributed by atoms with Crippen LogP contribution >= 0.6 is 11.3 Å². The fraction of sp³-hybridized carbons (Fsp3) is 0.0714. The van der Waals surface area contributed by atoms with E-state index in [4.69, 9.17) is 16.2 Å². The topological polar surface area (TPSA) is 202 Å². The molecule has 2 aromatic rings. The third kappa shape index (κ3) is 4.72. The van der Waals surface area contributed by atoms with Crippen LogP contribution in [-0.4, -0.2) is 42.9 Å². The zero-order valence-corrected chi connectivity index (χ0v) is 15.6. The maximum Gasteiger partial charge on any atom is 0.357 e. The smallest absolute Gasteiger partial charge is 0.357 e. The average molecular weight is 423 g/mol. The maximum atomic E-state index is 11.8. The summed E-state index contributed by atoms with van der Waals surface area (Å²) >= 11 is 0.804. The Morgan fingerprint density at radius 1 is 1.43 bits per heavy atom. The molecule has 2 rings (SSSR count). The molecule has 28 heavy (non-hydrogen) atoms. The van der Waals surface area contributed by atoms with E-state index < -0.39 is 34.4 Å². The summed E-state index contributed by atoms with van der Waals surface area (Å²) in [6, 6.07) is 5.61. The number of hydrogen-bond donors (Lipinski definition) is 6.